The lowest BCUT2D eigenvalue weighted by atomic mass is 9.96. The number of hydrogen-bond acceptors (Lipinski definition) is 1. The Hall–Kier alpha value is -0.140. The van der Waals surface area contributed by atoms with Crippen LogP contribution in [0.25, 0.3) is 0 Å². The molecule has 0 amide bonds. The summed E-state index contributed by atoms with van der Waals surface area (Å²) in [5, 5.41) is 0. The van der Waals surface area contributed by atoms with Crippen molar-refractivity contribution in [2.45, 2.75) is 43.7 Å². The fraction of sp³-hybridized carbons (Fsp3) is 1.00. The SMILES string of the molecule is FC(F)(F)C(F)(CCCCCS)C(F)(F)F. The molecule has 98 valence electrons. The number of alkyl halides is 7. The summed E-state index contributed by atoms with van der Waals surface area (Å²) in [4.78, 5) is 0. The van der Waals surface area contributed by atoms with Crippen molar-refractivity contribution in [2.75, 3.05) is 5.75 Å². The summed E-state index contributed by atoms with van der Waals surface area (Å²) < 4.78 is 85.0. The molecule has 0 aliphatic rings. The molecule has 0 atom stereocenters. The van der Waals surface area contributed by atoms with E-state index in [0.29, 0.717) is 12.2 Å². The van der Waals surface area contributed by atoms with Crippen LogP contribution in [0.15, 0.2) is 0 Å². The van der Waals surface area contributed by atoms with E-state index in [4.69, 9.17) is 0 Å². The van der Waals surface area contributed by atoms with Crippen molar-refractivity contribution in [1.82, 2.24) is 0 Å². The molecule has 0 aliphatic carbocycles. The van der Waals surface area contributed by atoms with E-state index in [0.717, 1.165) is 0 Å². The molecule has 0 fully saturated rings. The fourth-order valence-corrected chi connectivity index (χ4v) is 1.32. The van der Waals surface area contributed by atoms with Crippen LogP contribution in [-0.4, -0.2) is 23.8 Å². The second kappa shape index (κ2) is 5.46. The van der Waals surface area contributed by atoms with Crippen LogP contribution in [0.2, 0.25) is 0 Å². The van der Waals surface area contributed by atoms with E-state index in [1.165, 1.54) is 0 Å². The molecule has 0 aromatic heterocycles. The van der Waals surface area contributed by atoms with E-state index in [2.05, 4.69) is 12.6 Å². The van der Waals surface area contributed by atoms with E-state index in [1.807, 2.05) is 0 Å². The molecule has 0 N–H and O–H groups in total. The van der Waals surface area contributed by atoms with Crippen LogP contribution in [0, 0.1) is 0 Å². The molecule has 0 saturated heterocycles. The summed E-state index contributed by atoms with van der Waals surface area (Å²) in [6.07, 6.45) is -13.5. The van der Waals surface area contributed by atoms with Crippen LogP contribution in [0.5, 0.6) is 0 Å². The molecule has 0 unspecified atom stereocenters. The van der Waals surface area contributed by atoms with E-state index in [1.54, 1.807) is 0 Å². The molecular formula is C8H11F7S. The van der Waals surface area contributed by atoms with Crippen molar-refractivity contribution in [3.8, 4) is 0 Å². The number of unbranched alkanes of at least 4 members (excludes halogenated alkanes) is 2. The van der Waals surface area contributed by atoms with Crippen LogP contribution in [0.1, 0.15) is 25.7 Å². The van der Waals surface area contributed by atoms with E-state index in [9.17, 15) is 30.7 Å². The van der Waals surface area contributed by atoms with E-state index in [-0.39, 0.29) is 6.42 Å². The Balaban J connectivity index is 4.59. The minimum atomic E-state index is -5.92. The van der Waals surface area contributed by atoms with Crippen LogP contribution in [0.4, 0.5) is 30.7 Å². The third-order valence-electron chi connectivity index (χ3n) is 2.08. The minimum Gasteiger partial charge on any atom is -0.224 e. The van der Waals surface area contributed by atoms with Crippen LogP contribution < -0.4 is 0 Å². The molecule has 0 aromatic rings. The van der Waals surface area contributed by atoms with Crippen LogP contribution >= 0.6 is 12.6 Å². The average molecular weight is 272 g/mol. The lowest BCUT2D eigenvalue weighted by Gasteiger charge is -2.29. The molecule has 0 bridgehead atoms. The van der Waals surface area contributed by atoms with Gasteiger partial charge in [-0.15, -0.1) is 0 Å². The number of rotatable bonds is 5. The number of halogens is 7. The van der Waals surface area contributed by atoms with Crippen molar-refractivity contribution in [3.05, 3.63) is 0 Å². The van der Waals surface area contributed by atoms with Crippen molar-refractivity contribution < 1.29 is 30.7 Å². The zero-order valence-corrected chi connectivity index (χ0v) is 9.02. The summed E-state index contributed by atoms with van der Waals surface area (Å²) in [6.45, 7) is 0. The van der Waals surface area contributed by atoms with E-state index < -0.39 is 30.9 Å². The van der Waals surface area contributed by atoms with Crippen molar-refractivity contribution in [3.63, 3.8) is 0 Å². The summed E-state index contributed by atoms with van der Waals surface area (Å²) in [7, 11) is 0. The summed E-state index contributed by atoms with van der Waals surface area (Å²) in [5.74, 6) is 0.345. The first-order valence-corrected chi connectivity index (χ1v) is 5.13. The van der Waals surface area contributed by atoms with E-state index >= 15 is 0 Å². The zero-order chi connectivity index (χ0) is 13.0. The maximum Gasteiger partial charge on any atom is 0.431 e. The average Bonchev–Trinajstić information content (AvgIpc) is 2.08. The van der Waals surface area contributed by atoms with Crippen molar-refractivity contribution in [1.29, 1.82) is 0 Å². The lowest BCUT2D eigenvalue weighted by molar-refractivity contribution is -0.343. The number of hydrogen-bond donors (Lipinski definition) is 1. The Kier molecular flexibility index (Phi) is 5.41. The Bertz CT molecular complexity index is 193. The van der Waals surface area contributed by atoms with Crippen molar-refractivity contribution >= 4 is 12.6 Å². The highest BCUT2D eigenvalue weighted by molar-refractivity contribution is 7.80. The van der Waals surface area contributed by atoms with Gasteiger partial charge in [-0.3, -0.25) is 0 Å². The predicted molar refractivity (Wildman–Crippen MR) is 48.3 cm³/mol. The quantitative estimate of drug-likeness (QED) is 0.430. The first kappa shape index (κ1) is 15.9. The fourth-order valence-electron chi connectivity index (χ4n) is 1.10. The summed E-state index contributed by atoms with van der Waals surface area (Å²) in [5.41, 5.74) is -5.10. The standard InChI is InChI=1S/C8H11F7S/c9-6(7(10,11)12,8(13,14)15)4-2-1-3-5-16/h16H,1-5H2. The topological polar surface area (TPSA) is 0 Å². The molecular weight excluding hydrogens is 261 g/mol. The Labute approximate surface area is 93.6 Å². The van der Waals surface area contributed by atoms with Gasteiger partial charge in [0.15, 0.2) is 0 Å². The first-order valence-electron chi connectivity index (χ1n) is 4.49. The zero-order valence-electron chi connectivity index (χ0n) is 8.13. The first-order chi connectivity index (χ1) is 7.06. The van der Waals surface area contributed by atoms with Gasteiger partial charge in [0.2, 0.25) is 0 Å². The molecule has 0 nitrogen and oxygen atoms in total. The van der Waals surface area contributed by atoms with Gasteiger partial charge in [-0.25, -0.2) is 4.39 Å². The molecule has 0 aliphatic heterocycles. The Morgan fingerprint density at radius 1 is 0.688 bits per heavy atom. The van der Waals surface area contributed by atoms with Gasteiger partial charge >= 0.3 is 12.4 Å². The van der Waals surface area contributed by atoms with Gasteiger partial charge < -0.3 is 0 Å². The highest BCUT2D eigenvalue weighted by atomic mass is 32.1. The monoisotopic (exact) mass is 272 g/mol. The molecule has 0 rings (SSSR count). The lowest BCUT2D eigenvalue weighted by Crippen LogP contribution is -2.53. The van der Waals surface area contributed by atoms with Gasteiger partial charge in [0, 0.05) is 0 Å². The molecule has 8 heteroatoms. The number of thiol groups is 1. The Morgan fingerprint density at radius 3 is 1.44 bits per heavy atom. The van der Waals surface area contributed by atoms with Gasteiger partial charge in [0.05, 0.1) is 0 Å². The maximum atomic E-state index is 13.0. The third-order valence-corrected chi connectivity index (χ3v) is 2.39. The Morgan fingerprint density at radius 2 is 1.12 bits per heavy atom. The van der Waals surface area contributed by atoms with Gasteiger partial charge in [0.1, 0.15) is 0 Å². The largest absolute Gasteiger partial charge is 0.431 e. The molecule has 16 heavy (non-hydrogen) atoms. The minimum absolute atomic E-state index is 0.0847. The molecule has 0 saturated carbocycles. The normalized spacial score (nSPS) is 14.2. The van der Waals surface area contributed by atoms with Gasteiger partial charge in [-0.05, 0) is 25.0 Å². The van der Waals surface area contributed by atoms with Gasteiger partial charge in [-0.2, -0.15) is 39.0 Å². The highest BCUT2D eigenvalue weighted by Crippen LogP contribution is 2.49. The summed E-state index contributed by atoms with van der Waals surface area (Å²) >= 11 is 3.74. The second-order valence-corrected chi connectivity index (χ2v) is 3.78. The van der Waals surface area contributed by atoms with Gasteiger partial charge in [0.25, 0.3) is 5.67 Å². The smallest absolute Gasteiger partial charge is 0.224 e. The summed E-state index contributed by atoms with van der Waals surface area (Å²) in [6, 6.07) is 0. The van der Waals surface area contributed by atoms with Crippen LogP contribution in [0.3, 0.4) is 0 Å². The molecule has 0 aromatic carbocycles. The molecule has 0 spiro atoms. The second-order valence-electron chi connectivity index (χ2n) is 3.33. The third kappa shape index (κ3) is 3.71. The molecule has 0 radical (unpaired) electrons. The maximum absolute atomic E-state index is 13.0. The predicted octanol–water partition coefficient (Wildman–Crippen LogP) is 4.31. The van der Waals surface area contributed by atoms with Crippen LogP contribution in [-0.2, 0) is 0 Å². The highest BCUT2D eigenvalue weighted by Gasteiger charge is 2.71. The molecule has 0 heterocycles. The van der Waals surface area contributed by atoms with Crippen molar-refractivity contribution in [2.24, 2.45) is 0 Å². The van der Waals surface area contributed by atoms with Gasteiger partial charge in [-0.1, -0.05) is 6.42 Å².